The third kappa shape index (κ3) is 4.68. The number of benzene rings is 1. The maximum absolute atomic E-state index is 6.02. The molecule has 0 aromatic heterocycles. The number of para-hydroxylation sites is 1. The zero-order valence-electron chi connectivity index (χ0n) is 14.2. The lowest BCUT2D eigenvalue weighted by atomic mass is 10.2. The summed E-state index contributed by atoms with van der Waals surface area (Å²) in [6.45, 7) is 13.7. The van der Waals surface area contributed by atoms with Crippen LogP contribution in [0.4, 0.5) is 5.69 Å². The Labute approximate surface area is 135 Å². The average molecular weight is 324 g/mol. The second-order valence-electron chi connectivity index (χ2n) is 4.80. The molecule has 1 N–H and O–H groups in total. The molecule has 0 bridgehead atoms. The SMILES string of the molecule is C=Cc1ccccc1NC(CC)[Si](OCC)(OCC)OCC. The van der Waals surface area contributed by atoms with Gasteiger partial charge in [-0.15, -0.1) is 0 Å². The summed E-state index contributed by atoms with van der Waals surface area (Å²) in [5.41, 5.74) is 2.10. The van der Waals surface area contributed by atoms with E-state index in [9.17, 15) is 0 Å². The molecule has 0 saturated heterocycles. The third-order valence-corrected chi connectivity index (χ3v) is 6.86. The molecule has 5 heteroatoms. The van der Waals surface area contributed by atoms with E-state index in [2.05, 4.69) is 18.8 Å². The van der Waals surface area contributed by atoms with E-state index < -0.39 is 8.80 Å². The van der Waals surface area contributed by atoms with Crippen LogP contribution in [0.15, 0.2) is 30.8 Å². The molecule has 22 heavy (non-hydrogen) atoms. The smallest absolute Gasteiger partial charge is 0.377 e. The van der Waals surface area contributed by atoms with Crippen LogP contribution in [0.2, 0.25) is 0 Å². The maximum atomic E-state index is 6.02. The van der Waals surface area contributed by atoms with E-state index in [0.717, 1.165) is 17.7 Å². The number of rotatable bonds is 11. The number of hydrogen-bond acceptors (Lipinski definition) is 4. The highest BCUT2D eigenvalue weighted by atomic mass is 28.4. The zero-order chi connectivity index (χ0) is 16.4. The molecule has 0 amide bonds. The predicted octanol–water partition coefficient (Wildman–Crippen LogP) is 4.11. The Bertz CT molecular complexity index is 436. The van der Waals surface area contributed by atoms with Gasteiger partial charge in [-0.1, -0.05) is 37.8 Å². The van der Waals surface area contributed by atoms with Crippen LogP contribution in [0.25, 0.3) is 6.08 Å². The first-order valence-electron chi connectivity index (χ1n) is 8.07. The van der Waals surface area contributed by atoms with Crippen LogP contribution >= 0.6 is 0 Å². The Morgan fingerprint density at radius 3 is 2.05 bits per heavy atom. The fraction of sp³-hybridized carbons (Fsp3) is 0.529. The highest BCUT2D eigenvalue weighted by Gasteiger charge is 2.48. The number of anilines is 1. The molecule has 0 saturated carbocycles. The van der Waals surface area contributed by atoms with Crippen LogP contribution in [0.3, 0.4) is 0 Å². The van der Waals surface area contributed by atoms with E-state index in [1.807, 2.05) is 51.1 Å². The molecular weight excluding hydrogens is 294 g/mol. The first-order chi connectivity index (χ1) is 10.7. The highest BCUT2D eigenvalue weighted by Crippen LogP contribution is 2.24. The van der Waals surface area contributed by atoms with Crippen molar-refractivity contribution in [3.8, 4) is 0 Å². The summed E-state index contributed by atoms with van der Waals surface area (Å²) in [7, 11) is -2.79. The second kappa shape index (κ2) is 9.79. The van der Waals surface area contributed by atoms with Crippen molar-refractivity contribution in [1.82, 2.24) is 0 Å². The standard InChI is InChI=1S/C17H29NO3Si/c1-6-15-13-11-12-14-16(15)18-17(7-2)22(19-8-3,20-9-4)21-10-5/h6,11-14,17-18H,1,7-10H2,2-5H3. The van der Waals surface area contributed by atoms with Gasteiger partial charge in [0.2, 0.25) is 0 Å². The Balaban J connectivity index is 3.09. The van der Waals surface area contributed by atoms with E-state index in [0.29, 0.717) is 19.8 Å². The molecule has 124 valence electrons. The fourth-order valence-electron chi connectivity index (χ4n) is 2.46. The second-order valence-corrected chi connectivity index (χ2v) is 7.57. The fourth-order valence-corrected chi connectivity index (χ4v) is 5.36. The van der Waals surface area contributed by atoms with Gasteiger partial charge in [0.05, 0.1) is 5.67 Å². The van der Waals surface area contributed by atoms with Crippen molar-refractivity contribution in [3.63, 3.8) is 0 Å². The van der Waals surface area contributed by atoms with E-state index in [1.165, 1.54) is 0 Å². The van der Waals surface area contributed by atoms with Gasteiger partial charge in [-0.2, -0.15) is 0 Å². The van der Waals surface area contributed by atoms with Gasteiger partial charge < -0.3 is 18.6 Å². The van der Waals surface area contributed by atoms with Crippen molar-refractivity contribution in [2.24, 2.45) is 0 Å². The van der Waals surface area contributed by atoms with E-state index in [1.54, 1.807) is 0 Å². The van der Waals surface area contributed by atoms with Crippen LogP contribution in [0.5, 0.6) is 0 Å². The van der Waals surface area contributed by atoms with Crippen molar-refractivity contribution in [1.29, 1.82) is 0 Å². The lowest BCUT2D eigenvalue weighted by Crippen LogP contribution is -2.59. The van der Waals surface area contributed by atoms with Gasteiger partial charge in [0, 0.05) is 25.5 Å². The minimum atomic E-state index is -2.79. The van der Waals surface area contributed by atoms with E-state index in [-0.39, 0.29) is 5.67 Å². The van der Waals surface area contributed by atoms with Gasteiger partial charge >= 0.3 is 8.80 Å². The summed E-state index contributed by atoms with van der Waals surface area (Å²) in [6.07, 6.45) is 2.71. The minimum Gasteiger partial charge on any atom is -0.377 e. The molecule has 0 heterocycles. The molecule has 0 aliphatic carbocycles. The van der Waals surface area contributed by atoms with Gasteiger partial charge in [0.1, 0.15) is 0 Å². The molecule has 0 fully saturated rings. The molecule has 4 nitrogen and oxygen atoms in total. The Hall–Kier alpha value is -1.14. The third-order valence-electron chi connectivity index (χ3n) is 3.38. The maximum Gasteiger partial charge on any atom is 0.524 e. The summed E-state index contributed by atoms with van der Waals surface area (Å²) in [6, 6.07) is 8.09. The summed E-state index contributed by atoms with van der Waals surface area (Å²) in [5, 5.41) is 3.56. The Morgan fingerprint density at radius 2 is 1.59 bits per heavy atom. The molecule has 0 radical (unpaired) electrons. The van der Waals surface area contributed by atoms with Crippen molar-refractivity contribution in [2.45, 2.75) is 39.8 Å². The summed E-state index contributed by atoms with van der Waals surface area (Å²) >= 11 is 0. The molecule has 0 aliphatic rings. The minimum absolute atomic E-state index is 0.00782. The quantitative estimate of drug-likeness (QED) is 0.622. The molecular formula is C17H29NO3Si. The van der Waals surface area contributed by atoms with Crippen LogP contribution in [0, 0.1) is 0 Å². The van der Waals surface area contributed by atoms with Gasteiger partial charge in [0.25, 0.3) is 0 Å². The predicted molar refractivity (Wildman–Crippen MR) is 94.9 cm³/mol. The topological polar surface area (TPSA) is 39.7 Å². The lowest BCUT2D eigenvalue weighted by Gasteiger charge is -2.35. The molecule has 1 aromatic rings. The molecule has 0 aliphatic heterocycles. The van der Waals surface area contributed by atoms with Gasteiger partial charge in [0.15, 0.2) is 0 Å². The van der Waals surface area contributed by atoms with Crippen molar-refractivity contribution < 1.29 is 13.3 Å². The number of nitrogens with one attached hydrogen (secondary N) is 1. The van der Waals surface area contributed by atoms with Crippen LogP contribution in [-0.2, 0) is 13.3 Å². The highest BCUT2D eigenvalue weighted by molar-refractivity contribution is 6.63. The monoisotopic (exact) mass is 323 g/mol. The zero-order valence-corrected chi connectivity index (χ0v) is 15.2. The normalized spacial score (nSPS) is 12.9. The summed E-state index contributed by atoms with van der Waals surface area (Å²) in [5.74, 6) is 0. The first kappa shape index (κ1) is 18.9. The van der Waals surface area contributed by atoms with Crippen LogP contribution in [0.1, 0.15) is 39.7 Å². The van der Waals surface area contributed by atoms with Crippen molar-refractivity contribution in [3.05, 3.63) is 36.4 Å². The average Bonchev–Trinajstić information content (AvgIpc) is 2.53. The molecule has 0 spiro atoms. The molecule has 1 unspecified atom stereocenters. The summed E-state index contributed by atoms with van der Waals surface area (Å²) < 4.78 is 18.0. The van der Waals surface area contributed by atoms with Gasteiger partial charge in [-0.25, -0.2) is 0 Å². The van der Waals surface area contributed by atoms with Crippen LogP contribution < -0.4 is 5.32 Å². The molecule has 1 atom stereocenters. The van der Waals surface area contributed by atoms with Gasteiger partial charge in [-0.3, -0.25) is 0 Å². The van der Waals surface area contributed by atoms with E-state index in [4.69, 9.17) is 13.3 Å². The molecule has 1 aromatic carbocycles. The van der Waals surface area contributed by atoms with Crippen LogP contribution in [-0.4, -0.2) is 34.3 Å². The number of hydrogen-bond donors (Lipinski definition) is 1. The van der Waals surface area contributed by atoms with Gasteiger partial charge in [-0.05, 0) is 38.8 Å². The summed E-state index contributed by atoms with van der Waals surface area (Å²) in [4.78, 5) is 0. The Morgan fingerprint density at radius 1 is 1.05 bits per heavy atom. The largest absolute Gasteiger partial charge is 0.524 e. The van der Waals surface area contributed by atoms with E-state index >= 15 is 0 Å². The lowest BCUT2D eigenvalue weighted by molar-refractivity contribution is 0.0639. The van der Waals surface area contributed by atoms with Crippen molar-refractivity contribution in [2.75, 3.05) is 25.1 Å². The molecule has 1 rings (SSSR count). The first-order valence-corrected chi connectivity index (χ1v) is 9.87. The van der Waals surface area contributed by atoms with Crippen molar-refractivity contribution >= 4 is 20.6 Å². The Kier molecular flexibility index (Phi) is 8.41.